The second kappa shape index (κ2) is 7.47. The molecule has 1 amide bonds. The van der Waals surface area contributed by atoms with Gasteiger partial charge in [0.15, 0.2) is 12.4 Å². The summed E-state index contributed by atoms with van der Waals surface area (Å²) in [7, 11) is 0. The predicted octanol–water partition coefficient (Wildman–Crippen LogP) is 1.64. The molecule has 3 aromatic rings. The van der Waals surface area contributed by atoms with E-state index in [1.165, 1.54) is 47.1 Å². The third-order valence-corrected chi connectivity index (χ3v) is 3.21. The van der Waals surface area contributed by atoms with Gasteiger partial charge >= 0.3 is 0 Å². The van der Waals surface area contributed by atoms with Gasteiger partial charge in [-0.2, -0.15) is 4.68 Å². The monoisotopic (exact) mass is 345 g/mol. The summed E-state index contributed by atoms with van der Waals surface area (Å²) in [4.78, 5) is 11.8. The van der Waals surface area contributed by atoms with Crippen molar-refractivity contribution in [2.24, 2.45) is 0 Å². The largest absolute Gasteiger partial charge is 0.484 e. The highest BCUT2D eigenvalue weighted by Crippen LogP contribution is 2.11. The summed E-state index contributed by atoms with van der Waals surface area (Å²) < 4.78 is 32.6. The number of carbonyl (C=O) groups is 1. The molecule has 0 aliphatic carbocycles. The summed E-state index contributed by atoms with van der Waals surface area (Å²) in [5.74, 6) is -0.503. The minimum Gasteiger partial charge on any atom is -0.484 e. The van der Waals surface area contributed by atoms with Crippen LogP contribution in [0.1, 0.15) is 5.82 Å². The average Bonchev–Trinajstić information content (AvgIpc) is 3.08. The van der Waals surface area contributed by atoms with Gasteiger partial charge in [-0.05, 0) is 52.9 Å². The number of nitrogens with one attached hydrogen (secondary N) is 1. The standard InChI is InChI=1S/C16H13F2N5O2/c17-11-4-6-14(7-5-11)25-10-16(24)19-9-15-20-21-22-23(15)13-3-1-2-12(18)8-13/h1-8H,9-10H2,(H,19,24). The number of aromatic nitrogens is 4. The first-order chi connectivity index (χ1) is 12.1. The third-order valence-electron chi connectivity index (χ3n) is 3.21. The maximum absolute atomic E-state index is 13.3. The zero-order chi connectivity index (χ0) is 17.6. The molecule has 25 heavy (non-hydrogen) atoms. The second-order valence-corrected chi connectivity index (χ2v) is 5.01. The Hall–Kier alpha value is -3.36. The Morgan fingerprint density at radius 3 is 2.68 bits per heavy atom. The maximum Gasteiger partial charge on any atom is 0.258 e. The van der Waals surface area contributed by atoms with E-state index >= 15 is 0 Å². The van der Waals surface area contributed by atoms with Gasteiger partial charge in [-0.15, -0.1) is 5.10 Å². The number of rotatable bonds is 6. The van der Waals surface area contributed by atoms with E-state index in [9.17, 15) is 13.6 Å². The highest BCUT2D eigenvalue weighted by atomic mass is 19.1. The van der Waals surface area contributed by atoms with Crippen LogP contribution in [-0.2, 0) is 11.3 Å². The first kappa shape index (κ1) is 16.5. The van der Waals surface area contributed by atoms with E-state index in [-0.39, 0.29) is 19.0 Å². The van der Waals surface area contributed by atoms with Crippen LogP contribution >= 0.6 is 0 Å². The average molecular weight is 345 g/mol. The molecule has 0 atom stereocenters. The molecule has 128 valence electrons. The van der Waals surface area contributed by atoms with Crippen LogP contribution < -0.4 is 10.1 Å². The number of nitrogens with zero attached hydrogens (tertiary/aromatic N) is 4. The lowest BCUT2D eigenvalue weighted by Gasteiger charge is -2.08. The van der Waals surface area contributed by atoms with E-state index in [0.29, 0.717) is 17.3 Å². The van der Waals surface area contributed by atoms with E-state index in [2.05, 4.69) is 20.8 Å². The molecule has 0 radical (unpaired) electrons. The fourth-order valence-corrected chi connectivity index (χ4v) is 2.03. The van der Waals surface area contributed by atoms with Crippen molar-refractivity contribution in [2.45, 2.75) is 6.54 Å². The number of ether oxygens (including phenoxy) is 1. The summed E-state index contributed by atoms with van der Waals surface area (Å²) in [5, 5.41) is 13.7. The van der Waals surface area contributed by atoms with Crippen LogP contribution in [0, 0.1) is 11.6 Å². The summed E-state index contributed by atoms with van der Waals surface area (Å²) in [5.41, 5.74) is 0.441. The maximum atomic E-state index is 13.3. The predicted molar refractivity (Wildman–Crippen MR) is 82.9 cm³/mol. The van der Waals surface area contributed by atoms with Crippen molar-refractivity contribution in [1.82, 2.24) is 25.5 Å². The first-order valence-electron chi connectivity index (χ1n) is 7.30. The quantitative estimate of drug-likeness (QED) is 0.734. The third kappa shape index (κ3) is 4.34. The summed E-state index contributed by atoms with van der Waals surface area (Å²) in [6, 6.07) is 11.1. The number of carbonyl (C=O) groups excluding carboxylic acids is 1. The number of hydrogen-bond acceptors (Lipinski definition) is 5. The van der Waals surface area contributed by atoms with Crippen LogP contribution in [-0.4, -0.2) is 32.7 Å². The van der Waals surface area contributed by atoms with E-state index < -0.39 is 11.7 Å². The molecule has 0 aliphatic rings. The van der Waals surface area contributed by atoms with Crippen molar-refractivity contribution in [3.63, 3.8) is 0 Å². The molecule has 0 fully saturated rings. The molecule has 0 spiro atoms. The molecule has 0 bridgehead atoms. The van der Waals surface area contributed by atoms with Crippen molar-refractivity contribution < 1.29 is 18.3 Å². The number of amides is 1. The minimum atomic E-state index is -0.421. The Kier molecular flexibility index (Phi) is 4.93. The first-order valence-corrected chi connectivity index (χ1v) is 7.30. The lowest BCUT2D eigenvalue weighted by Crippen LogP contribution is -2.29. The highest BCUT2D eigenvalue weighted by molar-refractivity contribution is 5.77. The van der Waals surface area contributed by atoms with Crippen molar-refractivity contribution in [1.29, 1.82) is 0 Å². The van der Waals surface area contributed by atoms with Crippen molar-refractivity contribution >= 4 is 5.91 Å². The molecule has 0 saturated heterocycles. The van der Waals surface area contributed by atoms with Gasteiger partial charge in [-0.1, -0.05) is 6.07 Å². The summed E-state index contributed by atoms with van der Waals surface area (Å²) >= 11 is 0. The van der Waals surface area contributed by atoms with Gasteiger partial charge in [-0.25, -0.2) is 8.78 Å². The van der Waals surface area contributed by atoms with Crippen molar-refractivity contribution in [3.8, 4) is 11.4 Å². The normalized spacial score (nSPS) is 10.5. The molecule has 1 aromatic heterocycles. The van der Waals surface area contributed by atoms with Crippen LogP contribution in [0.4, 0.5) is 8.78 Å². The SMILES string of the molecule is O=C(COc1ccc(F)cc1)NCc1nnnn1-c1cccc(F)c1. The lowest BCUT2D eigenvalue weighted by atomic mass is 10.3. The van der Waals surface area contributed by atoms with Gasteiger partial charge in [-0.3, -0.25) is 4.79 Å². The van der Waals surface area contributed by atoms with Crippen LogP contribution in [0.2, 0.25) is 0 Å². The molecular weight excluding hydrogens is 332 g/mol. The molecule has 1 heterocycles. The fourth-order valence-electron chi connectivity index (χ4n) is 2.03. The zero-order valence-corrected chi connectivity index (χ0v) is 12.9. The van der Waals surface area contributed by atoms with E-state index in [1.807, 2.05) is 0 Å². The lowest BCUT2D eigenvalue weighted by molar-refractivity contribution is -0.123. The molecule has 2 aromatic carbocycles. The second-order valence-electron chi connectivity index (χ2n) is 5.01. The molecule has 3 rings (SSSR count). The zero-order valence-electron chi connectivity index (χ0n) is 12.9. The molecule has 1 N–H and O–H groups in total. The van der Waals surface area contributed by atoms with Gasteiger partial charge in [0.1, 0.15) is 17.4 Å². The number of hydrogen-bond donors (Lipinski definition) is 1. The van der Waals surface area contributed by atoms with E-state index in [0.717, 1.165) is 0 Å². The number of tetrazole rings is 1. The smallest absolute Gasteiger partial charge is 0.258 e. The molecule has 9 heteroatoms. The van der Waals surface area contributed by atoms with E-state index in [1.54, 1.807) is 6.07 Å². The Morgan fingerprint density at radius 2 is 1.92 bits per heavy atom. The Morgan fingerprint density at radius 1 is 1.12 bits per heavy atom. The van der Waals surface area contributed by atoms with Gasteiger partial charge in [0.05, 0.1) is 12.2 Å². The fraction of sp³-hybridized carbons (Fsp3) is 0.125. The van der Waals surface area contributed by atoms with Crippen molar-refractivity contribution in [2.75, 3.05) is 6.61 Å². The summed E-state index contributed by atoms with van der Waals surface area (Å²) in [6.45, 7) is -0.206. The Labute approximate surface area is 141 Å². The van der Waals surface area contributed by atoms with Crippen LogP contribution in [0.25, 0.3) is 5.69 Å². The van der Waals surface area contributed by atoms with Crippen LogP contribution in [0.3, 0.4) is 0 Å². The summed E-state index contributed by atoms with van der Waals surface area (Å²) in [6.07, 6.45) is 0. The Balaban J connectivity index is 1.56. The minimum absolute atomic E-state index is 0.0368. The molecule has 7 nitrogen and oxygen atoms in total. The molecular formula is C16H13F2N5O2. The number of halogens is 2. The van der Waals surface area contributed by atoms with Gasteiger partial charge in [0.25, 0.3) is 5.91 Å². The van der Waals surface area contributed by atoms with Gasteiger partial charge < -0.3 is 10.1 Å². The number of benzene rings is 2. The van der Waals surface area contributed by atoms with Gasteiger partial charge in [0, 0.05) is 0 Å². The van der Waals surface area contributed by atoms with Crippen LogP contribution in [0.5, 0.6) is 5.75 Å². The molecule has 0 aliphatic heterocycles. The highest BCUT2D eigenvalue weighted by Gasteiger charge is 2.11. The van der Waals surface area contributed by atoms with Gasteiger partial charge in [0.2, 0.25) is 0 Å². The van der Waals surface area contributed by atoms with Crippen molar-refractivity contribution in [3.05, 3.63) is 66.0 Å². The molecule has 0 unspecified atom stereocenters. The Bertz CT molecular complexity index is 867. The van der Waals surface area contributed by atoms with E-state index in [4.69, 9.17) is 4.74 Å². The van der Waals surface area contributed by atoms with Crippen LogP contribution in [0.15, 0.2) is 48.5 Å². The molecule has 0 saturated carbocycles. The topological polar surface area (TPSA) is 81.9 Å².